The average molecular weight is 243 g/mol. The number of rotatable bonds is 4. The average Bonchev–Trinajstić information content (AvgIpc) is 2.85. The summed E-state index contributed by atoms with van der Waals surface area (Å²) in [6, 6.07) is 14.2. The van der Waals surface area contributed by atoms with E-state index in [1.165, 1.54) is 10.4 Å². The topological polar surface area (TPSA) is 33.0 Å². The van der Waals surface area contributed by atoms with Crippen LogP contribution in [0.15, 0.2) is 36.4 Å². The Kier molecular flexibility index (Phi) is 3.79. The molecule has 3 heteroatoms. The van der Waals surface area contributed by atoms with Crippen molar-refractivity contribution in [3.63, 3.8) is 0 Å². The summed E-state index contributed by atoms with van der Waals surface area (Å²) in [6.45, 7) is 0. The summed E-state index contributed by atoms with van der Waals surface area (Å²) in [5, 5.41) is 8.74. The third-order valence-corrected chi connectivity index (χ3v) is 3.64. The first-order valence-electron chi connectivity index (χ1n) is 5.43. The van der Waals surface area contributed by atoms with Gasteiger partial charge in [0.25, 0.3) is 0 Å². The van der Waals surface area contributed by atoms with Crippen molar-refractivity contribution in [3.8, 4) is 11.8 Å². The molecule has 0 atom stereocenters. The summed E-state index contributed by atoms with van der Waals surface area (Å²) in [5.41, 5.74) is 1.29. The van der Waals surface area contributed by atoms with E-state index in [9.17, 15) is 0 Å². The summed E-state index contributed by atoms with van der Waals surface area (Å²) in [6.07, 6.45) is 1.98. The zero-order chi connectivity index (χ0) is 12.1. The van der Waals surface area contributed by atoms with E-state index in [1.54, 1.807) is 18.4 Å². The highest BCUT2D eigenvalue weighted by atomic mass is 32.1. The predicted octanol–water partition coefficient (Wildman–Crippen LogP) is 3.41. The van der Waals surface area contributed by atoms with Crippen LogP contribution >= 0.6 is 11.3 Å². The molecule has 86 valence electrons. The molecule has 2 aromatic rings. The molecule has 0 N–H and O–H groups in total. The van der Waals surface area contributed by atoms with Gasteiger partial charge in [-0.25, -0.2) is 0 Å². The van der Waals surface area contributed by atoms with E-state index in [-0.39, 0.29) is 0 Å². The van der Waals surface area contributed by atoms with Gasteiger partial charge in [0.05, 0.1) is 7.11 Å². The molecule has 0 spiro atoms. The first-order valence-corrected chi connectivity index (χ1v) is 6.25. The predicted molar refractivity (Wildman–Crippen MR) is 69.4 cm³/mol. The fourth-order valence-electron chi connectivity index (χ4n) is 1.63. The normalized spacial score (nSPS) is 9.88. The Morgan fingerprint density at radius 1 is 1.12 bits per heavy atom. The van der Waals surface area contributed by atoms with Gasteiger partial charge in [-0.1, -0.05) is 12.1 Å². The van der Waals surface area contributed by atoms with Crippen molar-refractivity contribution in [1.29, 1.82) is 5.26 Å². The van der Waals surface area contributed by atoms with Gasteiger partial charge in [0, 0.05) is 4.88 Å². The number of ether oxygens (including phenoxy) is 1. The van der Waals surface area contributed by atoms with Gasteiger partial charge in [-0.05, 0) is 42.7 Å². The monoisotopic (exact) mass is 243 g/mol. The van der Waals surface area contributed by atoms with Crippen molar-refractivity contribution in [2.45, 2.75) is 12.8 Å². The Morgan fingerprint density at radius 3 is 2.47 bits per heavy atom. The lowest BCUT2D eigenvalue weighted by Gasteiger charge is -2.02. The van der Waals surface area contributed by atoms with Crippen LogP contribution < -0.4 is 4.74 Å². The zero-order valence-corrected chi connectivity index (χ0v) is 10.5. The molecule has 0 amide bonds. The van der Waals surface area contributed by atoms with Crippen LogP contribution in [-0.4, -0.2) is 7.11 Å². The first kappa shape index (κ1) is 11.7. The molecule has 0 aliphatic rings. The molecule has 2 rings (SSSR count). The van der Waals surface area contributed by atoms with Crippen molar-refractivity contribution in [2.24, 2.45) is 0 Å². The van der Waals surface area contributed by atoms with Crippen LogP contribution in [0, 0.1) is 11.3 Å². The lowest BCUT2D eigenvalue weighted by atomic mass is 10.1. The molecular weight excluding hydrogens is 230 g/mol. The van der Waals surface area contributed by atoms with Gasteiger partial charge in [0.2, 0.25) is 0 Å². The second kappa shape index (κ2) is 5.51. The minimum absolute atomic E-state index is 0.787. The third-order valence-electron chi connectivity index (χ3n) is 2.59. The van der Waals surface area contributed by atoms with Crippen molar-refractivity contribution in [1.82, 2.24) is 0 Å². The standard InChI is InChI=1S/C14H13NOS/c1-16-12-5-2-11(3-6-12)4-7-13-8-9-14(10-15)17-13/h2-3,5-6,8-9H,4,7H2,1H3. The number of hydrogen-bond acceptors (Lipinski definition) is 3. The van der Waals surface area contributed by atoms with Crippen LogP contribution in [0.4, 0.5) is 0 Å². The van der Waals surface area contributed by atoms with Crippen molar-refractivity contribution in [3.05, 3.63) is 51.7 Å². The fourth-order valence-corrected chi connectivity index (χ4v) is 2.44. The number of thiophene rings is 1. The van der Waals surface area contributed by atoms with Crippen molar-refractivity contribution >= 4 is 11.3 Å². The van der Waals surface area contributed by atoms with Crippen LogP contribution in [0.25, 0.3) is 0 Å². The van der Waals surface area contributed by atoms with Gasteiger partial charge in [-0.2, -0.15) is 5.26 Å². The number of benzene rings is 1. The van der Waals surface area contributed by atoms with E-state index < -0.39 is 0 Å². The second-order valence-corrected chi connectivity index (χ2v) is 4.89. The van der Waals surface area contributed by atoms with E-state index >= 15 is 0 Å². The highest BCUT2D eigenvalue weighted by Gasteiger charge is 2.00. The number of aryl methyl sites for hydroxylation is 2. The Balaban J connectivity index is 1.95. The van der Waals surface area contributed by atoms with Gasteiger partial charge in [-0.15, -0.1) is 11.3 Å². The molecule has 0 saturated heterocycles. The maximum atomic E-state index is 8.74. The van der Waals surface area contributed by atoms with Crippen LogP contribution in [0.5, 0.6) is 5.75 Å². The van der Waals surface area contributed by atoms with E-state index in [2.05, 4.69) is 18.2 Å². The van der Waals surface area contributed by atoms with Gasteiger partial charge in [0.1, 0.15) is 16.7 Å². The zero-order valence-electron chi connectivity index (χ0n) is 9.64. The number of methoxy groups -OCH3 is 1. The Hall–Kier alpha value is -1.79. The highest BCUT2D eigenvalue weighted by molar-refractivity contribution is 7.12. The van der Waals surface area contributed by atoms with E-state index in [1.807, 2.05) is 24.3 Å². The van der Waals surface area contributed by atoms with Crippen LogP contribution in [0.1, 0.15) is 15.3 Å². The smallest absolute Gasteiger partial charge is 0.118 e. The molecule has 0 aliphatic carbocycles. The summed E-state index contributed by atoms with van der Waals surface area (Å²) >= 11 is 1.57. The second-order valence-electron chi connectivity index (χ2n) is 3.73. The third kappa shape index (κ3) is 3.08. The summed E-state index contributed by atoms with van der Waals surface area (Å²) < 4.78 is 5.12. The van der Waals surface area contributed by atoms with Gasteiger partial charge < -0.3 is 4.74 Å². The maximum absolute atomic E-state index is 8.74. The van der Waals surface area contributed by atoms with Crippen LogP contribution in [0.2, 0.25) is 0 Å². The molecule has 17 heavy (non-hydrogen) atoms. The first-order chi connectivity index (χ1) is 8.31. The number of nitrogens with zero attached hydrogens (tertiary/aromatic N) is 1. The quantitative estimate of drug-likeness (QED) is 0.824. The largest absolute Gasteiger partial charge is 0.497 e. The van der Waals surface area contributed by atoms with Gasteiger partial charge in [-0.3, -0.25) is 0 Å². The summed E-state index contributed by atoms with van der Waals surface area (Å²) in [7, 11) is 1.67. The van der Waals surface area contributed by atoms with Gasteiger partial charge >= 0.3 is 0 Å². The van der Waals surface area contributed by atoms with Crippen molar-refractivity contribution in [2.75, 3.05) is 7.11 Å². The molecule has 1 aromatic heterocycles. The molecular formula is C14H13NOS. The maximum Gasteiger partial charge on any atom is 0.118 e. The number of nitriles is 1. The molecule has 0 bridgehead atoms. The van der Waals surface area contributed by atoms with Crippen molar-refractivity contribution < 1.29 is 4.74 Å². The van der Waals surface area contributed by atoms with Crippen LogP contribution in [-0.2, 0) is 12.8 Å². The fraction of sp³-hybridized carbons (Fsp3) is 0.214. The SMILES string of the molecule is COc1ccc(CCc2ccc(C#N)s2)cc1. The molecule has 1 heterocycles. The minimum atomic E-state index is 0.787. The molecule has 0 fully saturated rings. The minimum Gasteiger partial charge on any atom is -0.497 e. The van der Waals surface area contributed by atoms with E-state index in [0.717, 1.165) is 23.5 Å². The Bertz CT molecular complexity index is 522. The molecule has 2 nitrogen and oxygen atoms in total. The summed E-state index contributed by atoms with van der Waals surface area (Å²) in [4.78, 5) is 2.05. The molecule has 1 aromatic carbocycles. The lowest BCUT2D eigenvalue weighted by molar-refractivity contribution is 0.414. The number of hydrogen-bond donors (Lipinski definition) is 0. The molecule has 0 unspecified atom stereocenters. The highest BCUT2D eigenvalue weighted by Crippen LogP contribution is 2.18. The molecule has 0 radical (unpaired) electrons. The Morgan fingerprint density at radius 2 is 1.88 bits per heavy atom. The molecule has 0 aliphatic heterocycles. The van der Waals surface area contributed by atoms with Gasteiger partial charge in [0.15, 0.2) is 0 Å². The lowest BCUT2D eigenvalue weighted by Crippen LogP contribution is -1.89. The summed E-state index contributed by atoms with van der Waals surface area (Å²) in [5.74, 6) is 0.886. The Labute approximate surface area is 105 Å². The van der Waals surface area contributed by atoms with E-state index in [0.29, 0.717) is 0 Å². The van der Waals surface area contributed by atoms with E-state index in [4.69, 9.17) is 10.00 Å². The van der Waals surface area contributed by atoms with Crippen LogP contribution in [0.3, 0.4) is 0 Å². The molecule has 0 saturated carbocycles.